The molecule has 80 valence electrons. The zero-order valence-electron chi connectivity index (χ0n) is 8.36. The average molecular weight is 207 g/mol. The molecule has 0 saturated carbocycles. The summed E-state index contributed by atoms with van der Waals surface area (Å²) in [4.78, 5) is 0. The van der Waals surface area contributed by atoms with Crippen molar-refractivity contribution in [3.05, 3.63) is 23.3 Å². The lowest BCUT2D eigenvalue weighted by Crippen LogP contribution is -2.23. The van der Waals surface area contributed by atoms with Crippen LogP contribution in [0.15, 0.2) is 12.1 Å². The van der Waals surface area contributed by atoms with E-state index in [-0.39, 0.29) is 6.10 Å². The molecule has 0 aliphatic carbocycles. The van der Waals surface area contributed by atoms with Crippen molar-refractivity contribution in [1.29, 1.82) is 0 Å². The maximum absolute atomic E-state index is 5.69. The van der Waals surface area contributed by atoms with Gasteiger partial charge in [-0.2, -0.15) is 0 Å². The van der Waals surface area contributed by atoms with Crippen molar-refractivity contribution in [2.45, 2.75) is 12.5 Å². The first-order valence-corrected chi connectivity index (χ1v) is 5.13. The van der Waals surface area contributed by atoms with E-state index >= 15 is 0 Å². The first-order chi connectivity index (χ1) is 7.40. The largest absolute Gasteiger partial charge is 0.454 e. The number of fused-ring (bicyclic) bond motifs is 3. The summed E-state index contributed by atoms with van der Waals surface area (Å²) in [5.41, 5.74) is 8.04. The molecule has 0 aromatic heterocycles. The molecule has 2 aliphatic heterocycles. The van der Waals surface area contributed by atoms with Crippen molar-refractivity contribution in [2.24, 2.45) is 5.73 Å². The maximum Gasteiger partial charge on any atom is 0.231 e. The Kier molecular flexibility index (Phi) is 2.04. The summed E-state index contributed by atoms with van der Waals surface area (Å²) in [6.45, 7) is 1.50. The summed E-state index contributed by atoms with van der Waals surface area (Å²) in [6, 6.07) is 4.04. The molecule has 4 nitrogen and oxygen atoms in total. The third-order valence-electron chi connectivity index (χ3n) is 2.89. The Hall–Kier alpha value is -1.26. The smallest absolute Gasteiger partial charge is 0.231 e. The Balaban J connectivity index is 2.14. The van der Waals surface area contributed by atoms with Gasteiger partial charge < -0.3 is 19.9 Å². The summed E-state index contributed by atoms with van der Waals surface area (Å²) in [6.07, 6.45) is 0.869. The van der Waals surface area contributed by atoms with Gasteiger partial charge in [-0.1, -0.05) is 6.07 Å². The normalized spacial score (nSPS) is 22.6. The standard InChI is InChI=1S/C11H13NO3/c12-5-9-10-7(3-4-13-9)1-2-8-11(10)15-6-14-8/h1-2,9H,3-6,12H2. The molecule has 0 amide bonds. The van der Waals surface area contributed by atoms with Crippen LogP contribution in [-0.2, 0) is 11.2 Å². The predicted molar refractivity (Wildman–Crippen MR) is 54.0 cm³/mol. The van der Waals surface area contributed by atoms with E-state index in [9.17, 15) is 0 Å². The van der Waals surface area contributed by atoms with Gasteiger partial charge in [0.05, 0.1) is 12.7 Å². The van der Waals surface area contributed by atoms with Crippen molar-refractivity contribution in [1.82, 2.24) is 0 Å². The monoisotopic (exact) mass is 207 g/mol. The second-order valence-electron chi connectivity index (χ2n) is 3.72. The molecule has 2 N–H and O–H groups in total. The van der Waals surface area contributed by atoms with E-state index in [2.05, 4.69) is 6.07 Å². The predicted octanol–water partition coefficient (Wildman–Crippen LogP) is 0.988. The second kappa shape index (κ2) is 3.40. The summed E-state index contributed by atoms with van der Waals surface area (Å²) < 4.78 is 16.4. The minimum absolute atomic E-state index is 0.0506. The Labute approximate surface area is 87.9 Å². The van der Waals surface area contributed by atoms with E-state index in [1.807, 2.05) is 6.07 Å². The van der Waals surface area contributed by atoms with Gasteiger partial charge in [0.25, 0.3) is 0 Å². The molecule has 0 bridgehead atoms. The Morgan fingerprint density at radius 1 is 1.33 bits per heavy atom. The summed E-state index contributed by atoms with van der Waals surface area (Å²) in [7, 11) is 0. The molecule has 2 heterocycles. The van der Waals surface area contributed by atoms with E-state index in [0.29, 0.717) is 13.3 Å². The van der Waals surface area contributed by atoms with Gasteiger partial charge in [-0.3, -0.25) is 0 Å². The fraction of sp³-hybridized carbons (Fsp3) is 0.455. The second-order valence-corrected chi connectivity index (χ2v) is 3.72. The van der Waals surface area contributed by atoms with Gasteiger partial charge in [-0.05, 0) is 18.1 Å². The van der Waals surface area contributed by atoms with Crippen LogP contribution >= 0.6 is 0 Å². The maximum atomic E-state index is 5.69. The molecule has 2 aliphatic rings. The fourth-order valence-corrected chi connectivity index (χ4v) is 2.19. The highest BCUT2D eigenvalue weighted by Crippen LogP contribution is 2.43. The number of hydrogen-bond acceptors (Lipinski definition) is 4. The fourth-order valence-electron chi connectivity index (χ4n) is 2.19. The first-order valence-electron chi connectivity index (χ1n) is 5.13. The summed E-state index contributed by atoms with van der Waals surface area (Å²) in [5.74, 6) is 1.63. The van der Waals surface area contributed by atoms with E-state index in [0.717, 1.165) is 30.1 Å². The highest BCUT2D eigenvalue weighted by molar-refractivity contribution is 5.54. The van der Waals surface area contributed by atoms with E-state index in [1.165, 1.54) is 5.56 Å². The molecule has 3 rings (SSSR count). The van der Waals surface area contributed by atoms with Gasteiger partial charge in [0.1, 0.15) is 0 Å². The molecule has 0 radical (unpaired) electrons. The van der Waals surface area contributed by atoms with Gasteiger partial charge in [0.15, 0.2) is 11.5 Å². The minimum Gasteiger partial charge on any atom is -0.454 e. The van der Waals surface area contributed by atoms with E-state index in [1.54, 1.807) is 0 Å². The van der Waals surface area contributed by atoms with Crippen molar-refractivity contribution in [3.63, 3.8) is 0 Å². The number of rotatable bonds is 1. The number of ether oxygens (including phenoxy) is 3. The van der Waals surface area contributed by atoms with Crippen LogP contribution in [0.1, 0.15) is 17.2 Å². The van der Waals surface area contributed by atoms with Crippen LogP contribution in [0, 0.1) is 0 Å². The molecule has 0 fully saturated rings. The Bertz CT molecular complexity index is 392. The van der Waals surface area contributed by atoms with E-state index < -0.39 is 0 Å². The van der Waals surface area contributed by atoms with Gasteiger partial charge in [-0.15, -0.1) is 0 Å². The van der Waals surface area contributed by atoms with Crippen LogP contribution in [0.25, 0.3) is 0 Å². The summed E-state index contributed by atoms with van der Waals surface area (Å²) in [5, 5.41) is 0. The molecular weight excluding hydrogens is 194 g/mol. The third kappa shape index (κ3) is 1.29. The highest BCUT2D eigenvalue weighted by Gasteiger charge is 2.28. The van der Waals surface area contributed by atoms with Crippen molar-refractivity contribution >= 4 is 0 Å². The van der Waals surface area contributed by atoms with E-state index in [4.69, 9.17) is 19.9 Å². The molecule has 0 spiro atoms. The molecule has 4 heteroatoms. The topological polar surface area (TPSA) is 53.7 Å². The Morgan fingerprint density at radius 3 is 3.13 bits per heavy atom. The molecule has 0 saturated heterocycles. The molecule has 15 heavy (non-hydrogen) atoms. The molecule has 1 aromatic carbocycles. The lowest BCUT2D eigenvalue weighted by molar-refractivity contribution is 0.0460. The molecule has 1 unspecified atom stereocenters. The third-order valence-corrected chi connectivity index (χ3v) is 2.89. The minimum atomic E-state index is -0.0506. The van der Waals surface area contributed by atoms with Crippen LogP contribution in [0.4, 0.5) is 0 Å². The zero-order chi connectivity index (χ0) is 10.3. The van der Waals surface area contributed by atoms with Crippen LogP contribution in [0.5, 0.6) is 11.5 Å². The average Bonchev–Trinajstić information content (AvgIpc) is 2.76. The number of benzene rings is 1. The molecule has 1 aromatic rings. The number of nitrogens with two attached hydrogens (primary N) is 1. The van der Waals surface area contributed by atoms with Crippen molar-refractivity contribution in [2.75, 3.05) is 19.9 Å². The van der Waals surface area contributed by atoms with Gasteiger partial charge in [0.2, 0.25) is 6.79 Å². The van der Waals surface area contributed by atoms with Gasteiger partial charge >= 0.3 is 0 Å². The Morgan fingerprint density at radius 2 is 2.27 bits per heavy atom. The highest BCUT2D eigenvalue weighted by atomic mass is 16.7. The molecule has 1 atom stereocenters. The first kappa shape index (κ1) is 9.00. The van der Waals surface area contributed by atoms with Crippen molar-refractivity contribution in [3.8, 4) is 11.5 Å². The summed E-state index contributed by atoms with van der Waals surface area (Å²) >= 11 is 0. The molecular formula is C11H13NO3. The quantitative estimate of drug-likeness (QED) is 0.746. The lowest BCUT2D eigenvalue weighted by Gasteiger charge is -2.25. The van der Waals surface area contributed by atoms with Crippen LogP contribution < -0.4 is 15.2 Å². The SMILES string of the molecule is NCC1OCCc2ccc3c(c21)OCO3. The van der Waals surface area contributed by atoms with Crippen LogP contribution in [-0.4, -0.2) is 19.9 Å². The van der Waals surface area contributed by atoms with Crippen LogP contribution in [0.3, 0.4) is 0 Å². The lowest BCUT2D eigenvalue weighted by atomic mass is 9.96. The van der Waals surface area contributed by atoms with Gasteiger partial charge in [-0.25, -0.2) is 0 Å². The van der Waals surface area contributed by atoms with Crippen molar-refractivity contribution < 1.29 is 14.2 Å². The van der Waals surface area contributed by atoms with Gasteiger partial charge in [0, 0.05) is 12.1 Å². The number of hydrogen-bond donors (Lipinski definition) is 1. The van der Waals surface area contributed by atoms with Crippen LogP contribution in [0.2, 0.25) is 0 Å². The zero-order valence-corrected chi connectivity index (χ0v) is 8.36.